The van der Waals surface area contributed by atoms with Crippen molar-refractivity contribution in [2.75, 3.05) is 6.54 Å². The molecule has 4 N–H and O–H groups in total. The fourth-order valence-electron chi connectivity index (χ4n) is 3.11. The van der Waals surface area contributed by atoms with Crippen molar-refractivity contribution >= 4 is 28.8 Å². The number of primary amides is 1. The summed E-state index contributed by atoms with van der Waals surface area (Å²) in [5.74, 6) is -2.23. The lowest BCUT2D eigenvalue weighted by molar-refractivity contribution is 0.100. The van der Waals surface area contributed by atoms with E-state index in [-0.39, 0.29) is 23.4 Å². The van der Waals surface area contributed by atoms with Gasteiger partial charge in [-0.2, -0.15) is 5.10 Å². The third kappa shape index (κ3) is 3.73. The quantitative estimate of drug-likeness (QED) is 0.652. The van der Waals surface area contributed by atoms with Crippen LogP contribution in [0, 0.1) is 11.6 Å². The van der Waals surface area contributed by atoms with E-state index in [1.807, 2.05) is 0 Å². The van der Waals surface area contributed by atoms with Crippen molar-refractivity contribution < 1.29 is 13.6 Å². The Morgan fingerprint density at radius 2 is 2.11 bits per heavy atom. The SMILES string of the molecule is Cn1nccc1-c1c(Cl)sc(C(N)=O)c1[C@@H](CN)Cc1cc(F)ccc1F. The molecule has 0 fully saturated rings. The number of thiophene rings is 1. The number of nitrogens with zero attached hydrogens (tertiary/aromatic N) is 2. The van der Waals surface area contributed by atoms with Gasteiger partial charge in [-0.1, -0.05) is 11.6 Å². The van der Waals surface area contributed by atoms with Crippen LogP contribution in [0.1, 0.15) is 26.7 Å². The highest BCUT2D eigenvalue weighted by Crippen LogP contribution is 2.44. The molecule has 0 aliphatic rings. The Kier molecular flexibility index (Phi) is 5.59. The molecule has 0 saturated carbocycles. The number of carbonyl (C=O) groups excluding carboxylic acids is 1. The van der Waals surface area contributed by atoms with E-state index < -0.39 is 23.5 Å². The van der Waals surface area contributed by atoms with Gasteiger partial charge in [-0.3, -0.25) is 9.48 Å². The standard InChI is InChI=1S/C18H17ClF2N4OS/c1-25-13(4-5-24-25)15-14(16(18(23)26)27-17(15)19)10(8-22)6-9-7-11(20)2-3-12(9)21/h2-5,7,10H,6,8,22H2,1H3,(H2,23,26)/t10-/m1/s1. The summed E-state index contributed by atoms with van der Waals surface area (Å²) in [6.07, 6.45) is 1.69. The molecule has 5 nitrogen and oxygen atoms in total. The highest BCUT2D eigenvalue weighted by atomic mass is 35.5. The smallest absolute Gasteiger partial charge is 0.259 e. The summed E-state index contributed by atoms with van der Waals surface area (Å²) in [6.45, 7) is 0.0914. The number of hydrogen-bond acceptors (Lipinski definition) is 4. The molecule has 142 valence electrons. The molecule has 0 unspecified atom stereocenters. The fraction of sp³-hybridized carbons (Fsp3) is 0.222. The van der Waals surface area contributed by atoms with Crippen molar-refractivity contribution in [2.24, 2.45) is 18.5 Å². The molecule has 1 amide bonds. The van der Waals surface area contributed by atoms with Gasteiger partial charge in [0, 0.05) is 24.7 Å². The molecule has 3 rings (SSSR count). The highest BCUT2D eigenvalue weighted by Gasteiger charge is 2.29. The Morgan fingerprint density at radius 1 is 1.37 bits per heavy atom. The Morgan fingerprint density at radius 3 is 2.70 bits per heavy atom. The zero-order chi connectivity index (χ0) is 19.7. The molecule has 0 aliphatic heterocycles. The first-order chi connectivity index (χ1) is 12.8. The number of aryl methyl sites for hydroxylation is 1. The second kappa shape index (κ2) is 7.75. The maximum Gasteiger partial charge on any atom is 0.259 e. The number of rotatable bonds is 6. The highest BCUT2D eigenvalue weighted by molar-refractivity contribution is 7.18. The van der Waals surface area contributed by atoms with Crippen molar-refractivity contribution in [1.29, 1.82) is 0 Å². The largest absolute Gasteiger partial charge is 0.365 e. The number of amides is 1. The predicted molar refractivity (Wildman–Crippen MR) is 102 cm³/mol. The van der Waals surface area contributed by atoms with Crippen molar-refractivity contribution in [2.45, 2.75) is 12.3 Å². The molecule has 0 radical (unpaired) electrons. The molecule has 0 spiro atoms. The second-order valence-electron chi connectivity index (χ2n) is 6.07. The van der Waals surface area contributed by atoms with Crippen molar-refractivity contribution in [1.82, 2.24) is 9.78 Å². The Labute approximate surface area is 163 Å². The maximum atomic E-state index is 14.1. The summed E-state index contributed by atoms with van der Waals surface area (Å²) < 4.78 is 29.7. The third-order valence-corrected chi connectivity index (χ3v) is 5.80. The molecule has 27 heavy (non-hydrogen) atoms. The lowest BCUT2D eigenvalue weighted by atomic mass is 9.88. The molecular weight excluding hydrogens is 394 g/mol. The van der Waals surface area contributed by atoms with E-state index in [4.69, 9.17) is 23.1 Å². The van der Waals surface area contributed by atoms with Gasteiger partial charge in [0.15, 0.2) is 0 Å². The monoisotopic (exact) mass is 410 g/mol. The van der Waals surface area contributed by atoms with Gasteiger partial charge in [-0.25, -0.2) is 8.78 Å². The van der Waals surface area contributed by atoms with Crippen LogP contribution in [0.2, 0.25) is 4.34 Å². The number of halogens is 3. The Balaban J connectivity index is 2.16. The van der Waals surface area contributed by atoms with E-state index in [0.29, 0.717) is 21.2 Å². The van der Waals surface area contributed by atoms with Gasteiger partial charge in [0.2, 0.25) is 0 Å². The second-order valence-corrected chi connectivity index (χ2v) is 7.69. The van der Waals surface area contributed by atoms with Crippen molar-refractivity contribution in [3.8, 4) is 11.3 Å². The van der Waals surface area contributed by atoms with E-state index in [1.54, 1.807) is 24.0 Å². The predicted octanol–water partition coefficient (Wildman–Crippen LogP) is 3.46. The van der Waals surface area contributed by atoms with Gasteiger partial charge in [-0.05, 0) is 48.4 Å². The molecule has 2 aromatic heterocycles. The van der Waals surface area contributed by atoms with Crippen LogP contribution < -0.4 is 11.5 Å². The van der Waals surface area contributed by atoms with E-state index in [0.717, 1.165) is 29.5 Å². The summed E-state index contributed by atoms with van der Waals surface area (Å²) in [5, 5.41) is 4.13. The molecule has 1 aromatic carbocycles. The summed E-state index contributed by atoms with van der Waals surface area (Å²) >= 11 is 7.46. The molecule has 9 heteroatoms. The van der Waals surface area contributed by atoms with Crippen LogP contribution in [0.15, 0.2) is 30.5 Å². The van der Waals surface area contributed by atoms with Crippen molar-refractivity contribution in [3.63, 3.8) is 0 Å². The molecule has 0 aliphatic carbocycles. The van der Waals surface area contributed by atoms with Crippen LogP contribution in [0.4, 0.5) is 8.78 Å². The van der Waals surface area contributed by atoms with E-state index in [9.17, 15) is 13.6 Å². The number of hydrogen-bond donors (Lipinski definition) is 2. The average Bonchev–Trinajstić information content (AvgIpc) is 3.18. The Hall–Kier alpha value is -2.29. The van der Waals surface area contributed by atoms with Crippen molar-refractivity contribution in [3.05, 3.63) is 62.4 Å². The lowest BCUT2D eigenvalue weighted by Gasteiger charge is -2.18. The first kappa shape index (κ1) is 19.5. The minimum atomic E-state index is -0.650. The summed E-state index contributed by atoms with van der Waals surface area (Å²) in [5.41, 5.74) is 13.5. The van der Waals surface area contributed by atoms with Gasteiger partial charge in [0.25, 0.3) is 5.91 Å². The zero-order valence-electron chi connectivity index (χ0n) is 14.4. The molecule has 0 bridgehead atoms. The summed E-state index contributed by atoms with van der Waals surface area (Å²) in [6, 6.07) is 4.99. The minimum absolute atomic E-state index is 0.0914. The molecule has 2 heterocycles. The van der Waals surface area contributed by atoms with Gasteiger partial charge < -0.3 is 11.5 Å². The lowest BCUT2D eigenvalue weighted by Crippen LogP contribution is -2.20. The minimum Gasteiger partial charge on any atom is -0.365 e. The number of nitrogens with two attached hydrogens (primary N) is 2. The normalized spacial score (nSPS) is 12.3. The molecule has 0 saturated heterocycles. The number of carbonyl (C=O) groups is 1. The third-order valence-electron chi connectivity index (χ3n) is 4.37. The van der Waals surface area contributed by atoms with Crippen LogP contribution in [-0.2, 0) is 13.5 Å². The molecule has 3 aromatic rings. The average molecular weight is 411 g/mol. The first-order valence-electron chi connectivity index (χ1n) is 8.07. The van der Waals surface area contributed by atoms with Crippen LogP contribution in [0.3, 0.4) is 0 Å². The van der Waals surface area contributed by atoms with E-state index in [2.05, 4.69) is 5.10 Å². The van der Waals surface area contributed by atoms with E-state index >= 15 is 0 Å². The van der Waals surface area contributed by atoms with Gasteiger partial charge in [0.05, 0.1) is 10.6 Å². The van der Waals surface area contributed by atoms with Gasteiger partial charge >= 0.3 is 0 Å². The number of benzene rings is 1. The first-order valence-corrected chi connectivity index (χ1v) is 9.27. The summed E-state index contributed by atoms with van der Waals surface area (Å²) in [7, 11) is 1.74. The topological polar surface area (TPSA) is 86.9 Å². The maximum absolute atomic E-state index is 14.1. The van der Waals surface area contributed by atoms with Crippen LogP contribution in [-0.4, -0.2) is 22.2 Å². The van der Waals surface area contributed by atoms with E-state index in [1.165, 1.54) is 0 Å². The number of aromatic nitrogens is 2. The van der Waals surface area contributed by atoms with Gasteiger partial charge in [0.1, 0.15) is 16.0 Å². The van der Waals surface area contributed by atoms with Crippen LogP contribution in [0.25, 0.3) is 11.3 Å². The Bertz CT molecular complexity index is 1000. The molecule has 1 atom stereocenters. The summed E-state index contributed by atoms with van der Waals surface area (Å²) in [4.78, 5) is 12.3. The van der Waals surface area contributed by atoms with Gasteiger partial charge in [-0.15, -0.1) is 11.3 Å². The van der Waals surface area contributed by atoms with Crippen LogP contribution >= 0.6 is 22.9 Å². The van der Waals surface area contributed by atoms with Crippen LogP contribution in [0.5, 0.6) is 0 Å². The fourth-order valence-corrected chi connectivity index (χ4v) is 4.52. The zero-order valence-corrected chi connectivity index (χ0v) is 16.0. The molecular formula is C18H17ClF2N4OS.